The van der Waals surface area contributed by atoms with Crippen LogP contribution in [0.2, 0.25) is 0 Å². The average molecular weight is 302 g/mol. The van der Waals surface area contributed by atoms with E-state index in [4.69, 9.17) is 4.74 Å². The number of benzene rings is 2. The molecule has 0 saturated heterocycles. The Labute approximate surface area is 124 Å². The second kappa shape index (κ2) is 5.96. The average Bonchev–Trinajstić information content (AvgIpc) is 2.85. The van der Waals surface area contributed by atoms with Gasteiger partial charge in [-0.2, -0.15) is 5.10 Å². The molecule has 0 saturated carbocycles. The number of fused-ring (bicyclic) bond motifs is 1. The molecule has 5 heteroatoms. The lowest BCUT2D eigenvalue weighted by atomic mass is 10.2. The van der Waals surface area contributed by atoms with Crippen molar-refractivity contribution in [3.8, 4) is 0 Å². The molecule has 102 valence electrons. The lowest BCUT2D eigenvalue weighted by molar-refractivity contribution is 0.182. The Morgan fingerprint density at radius 2 is 1.90 bits per heavy atom. The first-order valence-electron chi connectivity index (χ1n) is 6.25. The van der Waals surface area contributed by atoms with E-state index in [0.717, 1.165) is 16.6 Å². The molecule has 0 fully saturated rings. The molecule has 0 radical (unpaired) electrons. The van der Waals surface area contributed by atoms with E-state index in [0.29, 0.717) is 6.61 Å². The van der Waals surface area contributed by atoms with Crippen LogP contribution >= 0.6 is 21.0 Å². The lowest BCUT2D eigenvalue weighted by Gasteiger charge is -2.02. The summed E-state index contributed by atoms with van der Waals surface area (Å²) in [5, 5.41) is 9.68. The molecule has 3 rings (SSSR count). The molecular formula is C15H15N2OPS. The predicted molar refractivity (Wildman–Crippen MR) is 86.7 cm³/mol. The van der Waals surface area contributed by atoms with Gasteiger partial charge in [-0.1, -0.05) is 23.9 Å². The van der Waals surface area contributed by atoms with Crippen molar-refractivity contribution in [2.24, 2.45) is 0 Å². The van der Waals surface area contributed by atoms with E-state index in [9.17, 15) is 0 Å². The van der Waals surface area contributed by atoms with Crippen LogP contribution in [0.1, 0.15) is 5.69 Å². The summed E-state index contributed by atoms with van der Waals surface area (Å²) in [6.45, 7) is 0.554. The first-order valence-corrected chi connectivity index (χ1v) is 7.65. The minimum absolute atomic E-state index is 0.554. The molecule has 0 amide bonds. The highest BCUT2D eigenvalue weighted by Crippen LogP contribution is 2.30. The Balaban J connectivity index is 1.87. The second-order valence-electron chi connectivity index (χ2n) is 4.49. The number of rotatable bonds is 4. The Hall–Kier alpha value is -1.35. The van der Waals surface area contributed by atoms with E-state index < -0.39 is 0 Å². The smallest absolute Gasteiger partial charge is 0.0935 e. The molecule has 0 aliphatic carbocycles. The normalized spacial score (nSPS) is 11.1. The van der Waals surface area contributed by atoms with Crippen LogP contribution in [0.25, 0.3) is 10.9 Å². The molecule has 1 atom stereocenters. The highest BCUT2D eigenvalue weighted by molar-refractivity contribution is 7.99. The molecule has 1 heterocycles. The van der Waals surface area contributed by atoms with Crippen molar-refractivity contribution in [3.05, 3.63) is 48.2 Å². The molecular weight excluding hydrogens is 287 g/mol. The minimum atomic E-state index is 0.554. The molecule has 1 aromatic heterocycles. The van der Waals surface area contributed by atoms with Crippen LogP contribution in [-0.2, 0) is 11.3 Å². The first-order chi connectivity index (χ1) is 9.76. The molecule has 3 nitrogen and oxygen atoms in total. The van der Waals surface area contributed by atoms with Crippen molar-refractivity contribution in [2.75, 3.05) is 7.11 Å². The largest absolute Gasteiger partial charge is 0.378 e. The second-order valence-corrected chi connectivity index (χ2v) is 6.30. The van der Waals surface area contributed by atoms with Crippen LogP contribution in [0.3, 0.4) is 0 Å². The van der Waals surface area contributed by atoms with Crippen LogP contribution in [-0.4, -0.2) is 17.3 Å². The summed E-state index contributed by atoms with van der Waals surface area (Å²) < 4.78 is 5.15. The molecule has 1 unspecified atom stereocenters. The summed E-state index contributed by atoms with van der Waals surface area (Å²) in [6.07, 6.45) is 0. The van der Waals surface area contributed by atoms with Crippen LogP contribution in [0.15, 0.2) is 52.3 Å². The number of hydrogen-bond acceptors (Lipinski definition) is 3. The molecule has 1 N–H and O–H groups in total. The fraction of sp³-hybridized carbons (Fsp3) is 0.133. The summed E-state index contributed by atoms with van der Waals surface area (Å²) in [4.78, 5) is 2.41. The zero-order valence-corrected chi connectivity index (χ0v) is 13.1. The van der Waals surface area contributed by atoms with Crippen molar-refractivity contribution in [2.45, 2.75) is 16.4 Å². The van der Waals surface area contributed by atoms with Crippen LogP contribution in [0.4, 0.5) is 0 Å². The van der Waals surface area contributed by atoms with Crippen LogP contribution < -0.4 is 5.30 Å². The summed E-state index contributed by atoms with van der Waals surface area (Å²) >= 11 is 1.74. The third kappa shape index (κ3) is 2.88. The Kier molecular flexibility index (Phi) is 4.06. The summed E-state index contributed by atoms with van der Waals surface area (Å²) in [5.74, 6) is 0. The topological polar surface area (TPSA) is 37.9 Å². The summed E-state index contributed by atoms with van der Waals surface area (Å²) in [5.41, 5.74) is 2.00. The number of methoxy groups -OCH3 is 1. The maximum atomic E-state index is 5.15. The van der Waals surface area contributed by atoms with Crippen LogP contribution in [0.5, 0.6) is 0 Å². The number of nitrogens with zero attached hydrogens (tertiary/aromatic N) is 1. The standard InChI is InChI=1S/C15H15N2OPS/c1-18-9-15-13-7-6-12(8-14(13)16-17-15)20-11-4-2-10(19)3-5-11/h2-8H,9,19H2,1H3,(H,16,17). The fourth-order valence-corrected chi connectivity index (χ4v) is 3.08. The summed E-state index contributed by atoms with van der Waals surface area (Å²) in [6, 6.07) is 14.8. The van der Waals surface area contributed by atoms with Gasteiger partial charge in [-0.25, -0.2) is 0 Å². The number of H-pyrrole nitrogens is 1. The van der Waals surface area contributed by atoms with Crippen molar-refractivity contribution in [3.63, 3.8) is 0 Å². The molecule has 20 heavy (non-hydrogen) atoms. The van der Waals surface area contributed by atoms with E-state index in [2.05, 4.69) is 61.9 Å². The van der Waals surface area contributed by atoms with Gasteiger partial charge in [-0.05, 0) is 35.6 Å². The van der Waals surface area contributed by atoms with Crippen molar-refractivity contribution < 1.29 is 4.74 Å². The molecule has 2 aromatic carbocycles. The van der Waals surface area contributed by atoms with Gasteiger partial charge in [0.2, 0.25) is 0 Å². The van der Waals surface area contributed by atoms with Gasteiger partial charge in [0, 0.05) is 22.3 Å². The number of aromatic amines is 1. The van der Waals surface area contributed by atoms with Crippen molar-refractivity contribution in [1.82, 2.24) is 10.2 Å². The Morgan fingerprint density at radius 3 is 2.65 bits per heavy atom. The van der Waals surface area contributed by atoms with Gasteiger partial charge in [0.15, 0.2) is 0 Å². The zero-order valence-electron chi connectivity index (χ0n) is 11.1. The Morgan fingerprint density at radius 1 is 1.15 bits per heavy atom. The van der Waals surface area contributed by atoms with E-state index in [1.165, 1.54) is 15.1 Å². The SMILES string of the molecule is COCc1[nH]nc2cc(Sc3ccc(P)cc3)ccc12. The first kappa shape index (κ1) is 13.6. The predicted octanol–water partition coefficient (Wildman–Crippen LogP) is 3.36. The molecule has 0 aliphatic heterocycles. The van der Waals surface area contributed by atoms with Gasteiger partial charge < -0.3 is 4.74 Å². The quantitative estimate of drug-likeness (QED) is 0.751. The van der Waals surface area contributed by atoms with E-state index in [-0.39, 0.29) is 0 Å². The van der Waals surface area contributed by atoms with Gasteiger partial charge in [0.25, 0.3) is 0 Å². The molecule has 0 spiro atoms. The fourth-order valence-electron chi connectivity index (χ4n) is 2.04. The number of aromatic nitrogens is 2. The minimum Gasteiger partial charge on any atom is -0.378 e. The monoisotopic (exact) mass is 302 g/mol. The van der Waals surface area contributed by atoms with E-state index in [1.54, 1.807) is 18.9 Å². The number of hydrogen-bond donors (Lipinski definition) is 1. The third-order valence-corrected chi connectivity index (χ3v) is 4.39. The van der Waals surface area contributed by atoms with E-state index in [1.807, 2.05) is 0 Å². The molecule has 0 aliphatic rings. The van der Waals surface area contributed by atoms with Crippen molar-refractivity contribution in [1.29, 1.82) is 0 Å². The lowest BCUT2D eigenvalue weighted by Crippen LogP contribution is -1.87. The van der Waals surface area contributed by atoms with Gasteiger partial charge in [-0.3, -0.25) is 5.10 Å². The number of nitrogens with one attached hydrogen (secondary N) is 1. The highest BCUT2D eigenvalue weighted by Gasteiger charge is 2.06. The van der Waals surface area contributed by atoms with Crippen molar-refractivity contribution >= 4 is 37.2 Å². The zero-order chi connectivity index (χ0) is 13.9. The van der Waals surface area contributed by atoms with Crippen LogP contribution in [0, 0.1) is 0 Å². The van der Waals surface area contributed by atoms with Gasteiger partial charge in [0.1, 0.15) is 0 Å². The highest BCUT2D eigenvalue weighted by atomic mass is 32.2. The molecule has 0 bridgehead atoms. The number of ether oxygens (including phenoxy) is 1. The van der Waals surface area contributed by atoms with Gasteiger partial charge >= 0.3 is 0 Å². The third-order valence-electron chi connectivity index (χ3n) is 3.01. The Bertz CT molecular complexity index is 724. The van der Waals surface area contributed by atoms with Gasteiger partial charge in [-0.15, -0.1) is 9.24 Å². The maximum Gasteiger partial charge on any atom is 0.0935 e. The maximum absolute atomic E-state index is 5.15. The summed E-state index contributed by atoms with van der Waals surface area (Å²) in [7, 11) is 4.38. The molecule has 3 aromatic rings. The van der Waals surface area contributed by atoms with Gasteiger partial charge in [0.05, 0.1) is 17.8 Å². The van der Waals surface area contributed by atoms with E-state index >= 15 is 0 Å².